The van der Waals surface area contributed by atoms with E-state index in [2.05, 4.69) is 36.2 Å². The Hall–Kier alpha value is -2.35. The van der Waals surface area contributed by atoms with Gasteiger partial charge in [-0.25, -0.2) is 0 Å². The van der Waals surface area contributed by atoms with Crippen LogP contribution >= 0.6 is 0 Å². The Balaban J connectivity index is 1.40. The second kappa shape index (κ2) is 8.33. The molecule has 1 aromatic heterocycles. The fraction of sp³-hybridized carbons (Fsp3) is 0.500. The number of aliphatic hydroxyl groups is 4. The molecule has 1 aromatic carbocycles. The van der Waals surface area contributed by atoms with E-state index in [0.717, 1.165) is 22.8 Å². The van der Waals surface area contributed by atoms with Crippen LogP contribution in [-0.4, -0.2) is 74.4 Å². The lowest BCUT2D eigenvalue weighted by atomic mass is 9.61. The number of hydrogen-bond acceptors (Lipinski definition) is 6. The SMILES string of the molecule is CN(C)[C@H]1C[C@]2(O)CCC3=C(C=C2[C@@H](O)[C@@H]1O)C(O)C[C@]1(C)C(c2cccc4ccncc24)=CCC31. The summed E-state index contributed by atoms with van der Waals surface area (Å²) in [6.45, 7) is 2.26. The Morgan fingerprint density at radius 1 is 1.08 bits per heavy atom. The van der Waals surface area contributed by atoms with Crippen LogP contribution in [0.4, 0.5) is 0 Å². The number of aliphatic hydroxyl groups excluding tert-OH is 3. The minimum Gasteiger partial charge on any atom is -0.388 e. The van der Waals surface area contributed by atoms with E-state index in [0.29, 0.717) is 31.3 Å². The largest absolute Gasteiger partial charge is 0.388 e. The molecule has 4 N–H and O–H groups in total. The molecule has 2 aromatic rings. The summed E-state index contributed by atoms with van der Waals surface area (Å²) >= 11 is 0. The van der Waals surface area contributed by atoms with Crippen LogP contribution in [0.1, 0.15) is 44.6 Å². The lowest BCUT2D eigenvalue weighted by Gasteiger charge is -2.46. The molecule has 1 saturated carbocycles. The summed E-state index contributed by atoms with van der Waals surface area (Å²) in [4.78, 5) is 6.25. The number of benzene rings is 1. The molecule has 6 nitrogen and oxygen atoms in total. The van der Waals surface area contributed by atoms with Gasteiger partial charge in [-0.05, 0) is 85.9 Å². The standard InChI is InChI=1S/C30H36N2O4/c1-29-15-26(33)20-13-24-27(34)28(35)25(32(2)3)14-30(24,36)11-9-19(20)23(29)8-7-22(29)18-6-4-5-17-10-12-31-16-21(17)18/h4-7,10,12-13,16,23,25-28,33-36H,8-9,11,14-15H2,1-3H3/t23?,25-,26?,27+,28+,29+,30+/m0/s1. The maximum atomic E-state index is 11.8. The Morgan fingerprint density at radius 3 is 2.67 bits per heavy atom. The van der Waals surface area contributed by atoms with Crippen LogP contribution in [0.3, 0.4) is 0 Å². The highest BCUT2D eigenvalue weighted by molar-refractivity contribution is 5.95. The van der Waals surface area contributed by atoms with E-state index in [1.165, 1.54) is 16.7 Å². The fourth-order valence-corrected chi connectivity index (χ4v) is 7.61. The molecule has 0 radical (unpaired) electrons. The van der Waals surface area contributed by atoms with E-state index in [1.54, 1.807) is 0 Å². The van der Waals surface area contributed by atoms with Crippen LogP contribution in [0.25, 0.3) is 16.3 Å². The molecule has 7 atom stereocenters. The van der Waals surface area contributed by atoms with Crippen LogP contribution in [0.2, 0.25) is 0 Å². The molecular formula is C30H36N2O4. The number of fused-ring (bicyclic) bond motifs is 4. The molecule has 0 saturated heterocycles. The zero-order chi connectivity index (χ0) is 25.4. The topological polar surface area (TPSA) is 97.1 Å². The zero-order valence-electron chi connectivity index (χ0n) is 21.2. The smallest absolute Gasteiger partial charge is 0.105 e. The van der Waals surface area contributed by atoms with Crippen molar-refractivity contribution < 1.29 is 20.4 Å². The number of allylic oxidation sites excluding steroid dienone is 3. The Bertz CT molecular complexity index is 1310. The monoisotopic (exact) mass is 488 g/mol. The first-order valence-electron chi connectivity index (χ1n) is 13.1. The Kier molecular flexibility index (Phi) is 5.56. The highest BCUT2D eigenvalue weighted by Gasteiger charge is 2.53. The average molecular weight is 489 g/mol. The van der Waals surface area contributed by atoms with Gasteiger partial charge in [-0.2, -0.15) is 0 Å². The van der Waals surface area contributed by atoms with Crippen LogP contribution < -0.4 is 0 Å². The quantitative estimate of drug-likeness (QED) is 0.518. The van der Waals surface area contributed by atoms with E-state index in [9.17, 15) is 20.4 Å². The molecule has 0 bridgehead atoms. The molecular weight excluding hydrogens is 452 g/mol. The first-order chi connectivity index (χ1) is 17.1. The maximum Gasteiger partial charge on any atom is 0.105 e. The molecule has 190 valence electrons. The summed E-state index contributed by atoms with van der Waals surface area (Å²) in [5, 5.41) is 47.4. The molecule has 0 aliphatic heterocycles. The van der Waals surface area contributed by atoms with Gasteiger partial charge in [0.15, 0.2) is 0 Å². The first-order valence-corrected chi connectivity index (χ1v) is 13.1. The van der Waals surface area contributed by atoms with Crippen LogP contribution in [-0.2, 0) is 0 Å². The third-order valence-corrected chi connectivity index (χ3v) is 9.59. The second-order valence-electron chi connectivity index (χ2n) is 11.7. The molecule has 36 heavy (non-hydrogen) atoms. The van der Waals surface area contributed by atoms with Gasteiger partial charge in [0.25, 0.3) is 0 Å². The molecule has 6 rings (SSSR count). The summed E-state index contributed by atoms with van der Waals surface area (Å²) in [7, 11) is 3.73. The predicted molar refractivity (Wildman–Crippen MR) is 140 cm³/mol. The van der Waals surface area contributed by atoms with Crippen molar-refractivity contribution in [1.82, 2.24) is 9.88 Å². The molecule has 0 spiro atoms. The highest BCUT2D eigenvalue weighted by atomic mass is 16.3. The van der Waals surface area contributed by atoms with Crippen molar-refractivity contribution in [2.45, 2.75) is 69.0 Å². The van der Waals surface area contributed by atoms with Crippen molar-refractivity contribution in [2.24, 2.45) is 11.3 Å². The van der Waals surface area contributed by atoms with Gasteiger partial charge in [0, 0.05) is 29.2 Å². The Morgan fingerprint density at radius 2 is 1.89 bits per heavy atom. The lowest BCUT2D eigenvalue weighted by Crippen LogP contribution is -2.58. The Labute approximate surface area is 212 Å². The van der Waals surface area contributed by atoms with Crippen molar-refractivity contribution in [1.29, 1.82) is 0 Å². The summed E-state index contributed by atoms with van der Waals surface area (Å²) in [5.74, 6) is 0.213. The summed E-state index contributed by atoms with van der Waals surface area (Å²) in [5.41, 5.74) is 3.43. The first kappa shape index (κ1) is 24.0. The third-order valence-electron chi connectivity index (χ3n) is 9.59. The minimum absolute atomic E-state index is 0.213. The minimum atomic E-state index is -1.21. The van der Waals surface area contributed by atoms with Crippen LogP contribution in [0.5, 0.6) is 0 Å². The van der Waals surface area contributed by atoms with Gasteiger partial charge in [-0.1, -0.05) is 42.8 Å². The predicted octanol–water partition coefficient (Wildman–Crippen LogP) is 3.21. The van der Waals surface area contributed by atoms with Gasteiger partial charge in [-0.3, -0.25) is 4.98 Å². The molecule has 1 fully saturated rings. The normalized spacial score (nSPS) is 38.3. The van der Waals surface area contributed by atoms with Gasteiger partial charge in [0.05, 0.1) is 17.8 Å². The summed E-state index contributed by atoms with van der Waals surface area (Å²) in [6.07, 6.45) is 7.97. The third kappa shape index (κ3) is 3.39. The van der Waals surface area contributed by atoms with Crippen LogP contribution in [0, 0.1) is 11.3 Å². The summed E-state index contributed by atoms with van der Waals surface area (Å²) < 4.78 is 0. The average Bonchev–Trinajstić information content (AvgIpc) is 3.09. The molecule has 4 aliphatic rings. The van der Waals surface area contributed by atoms with Crippen molar-refractivity contribution >= 4 is 16.3 Å². The fourth-order valence-electron chi connectivity index (χ4n) is 7.61. The van der Waals surface area contributed by atoms with Gasteiger partial charge >= 0.3 is 0 Å². The number of hydrogen-bond donors (Lipinski definition) is 4. The van der Waals surface area contributed by atoms with Crippen molar-refractivity contribution in [3.8, 4) is 0 Å². The van der Waals surface area contributed by atoms with Gasteiger partial charge in [0.2, 0.25) is 0 Å². The van der Waals surface area contributed by atoms with E-state index in [4.69, 9.17) is 0 Å². The zero-order valence-corrected chi connectivity index (χ0v) is 21.2. The van der Waals surface area contributed by atoms with Gasteiger partial charge in [0.1, 0.15) is 6.10 Å². The maximum absolute atomic E-state index is 11.8. The number of aromatic nitrogens is 1. The van der Waals surface area contributed by atoms with Crippen molar-refractivity contribution in [3.63, 3.8) is 0 Å². The molecule has 0 amide bonds. The number of rotatable bonds is 2. The van der Waals surface area contributed by atoms with E-state index < -0.39 is 23.9 Å². The molecule has 2 unspecified atom stereocenters. The van der Waals surface area contributed by atoms with Gasteiger partial charge < -0.3 is 25.3 Å². The second-order valence-corrected chi connectivity index (χ2v) is 11.7. The number of likely N-dealkylation sites (N-methyl/N-ethyl adjacent to an activating group) is 1. The highest BCUT2D eigenvalue weighted by Crippen LogP contribution is 2.60. The summed E-state index contributed by atoms with van der Waals surface area (Å²) in [6, 6.07) is 8.04. The number of nitrogens with zero attached hydrogens (tertiary/aromatic N) is 2. The van der Waals surface area contributed by atoms with E-state index >= 15 is 0 Å². The van der Waals surface area contributed by atoms with Crippen LogP contribution in [0.15, 0.2) is 65.5 Å². The van der Waals surface area contributed by atoms with E-state index in [-0.39, 0.29) is 17.4 Å². The van der Waals surface area contributed by atoms with Gasteiger partial charge in [-0.15, -0.1) is 0 Å². The van der Waals surface area contributed by atoms with Crippen molar-refractivity contribution in [3.05, 3.63) is 71.1 Å². The molecule has 6 heteroatoms. The lowest BCUT2D eigenvalue weighted by molar-refractivity contribution is -0.0922. The number of pyridine rings is 1. The van der Waals surface area contributed by atoms with E-state index in [1.807, 2.05) is 43.5 Å². The molecule has 1 heterocycles. The molecule has 4 aliphatic carbocycles. The van der Waals surface area contributed by atoms with Crippen molar-refractivity contribution in [2.75, 3.05) is 14.1 Å².